The van der Waals surface area contributed by atoms with Crippen LogP contribution in [0.3, 0.4) is 0 Å². The van der Waals surface area contributed by atoms with Crippen molar-refractivity contribution in [3.8, 4) is 0 Å². The minimum atomic E-state index is -0.837. The van der Waals surface area contributed by atoms with E-state index in [0.29, 0.717) is 16.5 Å². The SMILES string of the molecule is COC1CCN(c2nnc(SCC(=O)O)s2)C(C)C1. The highest BCUT2D eigenvalue weighted by Crippen LogP contribution is 2.32. The number of ether oxygens (including phenoxy) is 1. The van der Waals surface area contributed by atoms with E-state index in [-0.39, 0.29) is 5.75 Å². The van der Waals surface area contributed by atoms with Crippen LogP contribution in [-0.4, -0.2) is 52.8 Å². The van der Waals surface area contributed by atoms with Crippen molar-refractivity contribution in [2.75, 3.05) is 24.3 Å². The van der Waals surface area contributed by atoms with Crippen molar-refractivity contribution in [3.05, 3.63) is 0 Å². The smallest absolute Gasteiger partial charge is 0.313 e. The number of thioether (sulfide) groups is 1. The van der Waals surface area contributed by atoms with Crippen LogP contribution in [-0.2, 0) is 9.53 Å². The van der Waals surface area contributed by atoms with E-state index < -0.39 is 5.97 Å². The summed E-state index contributed by atoms with van der Waals surface area (Å²) in [6.45, 7) is 3.05. The molecule has 0 bridgehead atoms. The van der Waals surface area contributed by atoms with Gasteiger partial charge in [0.05, 0.1) is 11.9 Å². The number of aliphatic carboxylic acids is 1. The number of aromatic nitrogens is 2. The second-order valence-electron chi connectivity index (χ2n) is 4.46. The summed E-state index contributed by atoms with van der Waals surface area (Å²) < 4.78 is 6.09. The molecule has 19 heavy (non-hydrogen) atoms. The zero-order valence-corrected chi connectivity index (χ0v) is 12.5. The topological polar surface area (TPSA) is 75.5 Å². The Kier molecular flexibility index (Phi) is 5.00. The Hall–Kier alpha value is -0.860. The van der Waals surface area contributed by atoms with Gasteiger partial charge < -0.3 is 14.7 Å². The molecule has 1 aliphatic rings. The van der Waals surface area contributed by atoms with Gasteiger partial charge in [-0.1, -0.05) is 23.1 Å². The molecule has 106 valence electrons. The molecule has 0 saturated carbocycles. The first-order chi connectivity index (χ1) is 9.10. The molecule has 6 nitrogen and oxygen atoms in total. The number of rotatable bonds is 5. The summed E-state index contributed by atoms with van der Waals surface area (Å²) in [5, 5.41) is 17.7. The Labute approximate surface area is 120 Å². The molecular weight excluding hydrogens is 286 g/mol. The second kappa shape index (κ2) is 6.53. The maximum atomic E-state index is 10.5. The predicted molar refractivity (Wildman–Crippen MR) is 75.1 cm³/mol. The third kappa shape index (κ3) is 3.80. The second-order valence-corrected chi connectivity index (χ2v) is 6.64. The van der Waals surface area contributed by atoms with Gasteiger partial charge in [0.2, 0.25) is 5.13 Å². The first-order valence-corrected chi connectivity index (χ1v) is 7.88. The number of hydrogen-bond donors (Lipinski definition) is 1. The molecule has 0 radical (unpaired) electrons. The lowest BCUT2D eigenvalue weighted by Crippen LogP contribution is -2.43. The number of carbonyl (C=O) groups is 1. The molecule has 0 spiro atoms. The van der Waals surface area contributed by atoms with Crippen LogP contribution < -0.4 is 4.90 Å². The Morgan fingerprint density at radius 1 is 1.63 bits per heavy atom. The number of methoxy groups -OCH3 is 1. The van der Waals surface area contributed by atoms with Crippen LogP contribution in [0, 0.1) is 0 Å². The normalized spacial score (nSPS) is 23.6. The summed E-state index contributed by atoms with van der Waals surface area (Å²) in [6.07, 6.45) is 2.28. The molecule has 1 fully saturated rings. The average Bonchev–Trinajstić information content (AvgIpc) is 2.84. The third-order valence-electron chi connectivity index (χ3n) is 3.12. The summed E-state index contributed by atoms with van der Waals surface area (Å²) in [6, 6.07) is 0.365. The number of hydrogen-bond acceptors (Lipinski definition) is 7. The molecule has 0 amide bonds. The number of carboxylic acids is 1. The summed E-state index contributed by atoms with van der Waals surface area (Å²) in [4.78, 5) is 12.7. The molecular formula is C11H17N3O3S2. The first kappa shape index (κ1) is 14.5. The minimum Gasteiger partial charge on any atom is -0.481 e. The average molecular weight is 303 g/mol. The maximum Gasteiger partial charge on any atom is 0.313 e. The quantitative estimate of drug-likeness (QED) is 0.830. The van der Waals surface area contributed by atoms with Gasteiger partial charge in [-0.2, -0.15) is 0 Å². The van der Waals surface area contributed by atoms with Crippen molar-refractivity contribution in [3.63, 3.8) is 0 Å². The molecule has 1 aromatic heterocycles. The zero-order chi connectivity index (χ0) is 13.8. The highest BCUT2D eigenvalue weighted by Gasteiger charge is 2.27. The van der Waals surface area contributed by atoms with Gasteiger partial charge in [-0.15, -0.1) is 10.2 Å². The van der Waals surface area contributed by atoms with Crippen molar-refractivity contribution >= 4 is 34.2 Å². The Balaban J connectivity index is 1.96. The van der Waals surface area contributed by atoms with E-state index in [1.54, 1.807) is 7.11 Å². The molecule has 1 saturated heterocycles. The lowest BCUT2D eigenvalue weighted by atomic mass is 10.0. The number of nitrogens with zero attached hydrogens (tertiary/aromatic N) is 3. The van der Waals surface area contributed by atoms with E-state index in [1.807, 2.05) is 0 Å². The van der Waals surface area contributed by atoms with Crippen LogP contribution in [0.15, 0.2) is 4.34 Å². The van der Waals surface area contributed by atoms with Gasteiger partial charge in [0.1, 0.15) is 0 Å². The Morgan fingerprint density at radius 2 is 2.42 bits per heavy atom. The van der Waals surface area contributed by atoms with Crippen molar-refractivity contribution < 1.29 is 14.6 Å². The first-order valence-electron chi connectivity index (χ1n) is 6.07. The van der Waals surface area contributed by atoms with Gasteiger partial charge in [-0.3, -0.25) is 4.79 Å². The highest BCUT2D eigenvalue weighted by atomic mass is 32.2. The fourth-order valence-electron chi connectivity index (χ4n) is 2.13. The van der Waals surface area contributed by atoms with Crippen molar-refractivity contribution in [1.82, 2.24) is 10.2 Å². The minimum absolute atomic E-state index is 0.0237. The van der Waals surface area contributed by atoms with Crippen molar-refractivity contribution in [2.45, 2.75) is 36.3 Å². The van der Waals surface area contributed by atoms with Gasteiger partial charge in [0.15, 0.2) is 4.34 Å². The van der Waals surface area contributed by atoms with E-state index in [0.717, 1.165) is 24.5 Å². The predicted octanol–water partition coefficient (Wildman–Crippen LogP) is 1.72. The van der Waals surface area contributed by atoms with E-state index >= 15 is 0 Å². The maximum absolute atomic E-state index is 10.5. The largest absolute Gasteiger partial charge is 0.481 e. The Morgan fingerprint density at radius 3 is 3.05 bits per heavy atom. The van der Waals surface area contributed by atoms with Crippen LogP contribution in [0.5, 0.6) is 0 Å². The number of anilines is 1. The molecule has 0 aromatic carbocycles. The summed E-state index contributed by atoms with van der Waals surface area (Å²) in [7, 11) is 1.75. The number of carboxylic acid groups (broad SMARTS) is 1. The molecule has 2 atom stereocenters. The lowest BCUT2D eigenvalue weighted by molar-refractivity contribution is -0.133. The molecule has 0 aliphatic carbocycles. The van der Waals surface area contributed by atoms with E-state index in [4.69, 9.17) is 9.84 Å². The van der Waals surface area contributed by atoms with E-state index in [1.165, 1.54) is 23.1 Å². The molecule has 2 rings (SSSR count). The summed E-state index contributed by atoms with van der Waals surface area (Å²) in [5.41, 5.74) is 0. The van der Waals surface area contributed by atoms with Crippen LogP contribution in [0.25, 0.3) is 0 Å². The fraction of sp³-hybridized carbons (Fsp3) is 0.727. The van der Waals surface area contributed by atoms with Gasteiger partial charge >= 0.3 is 5.97 Å². The van der Waals surface area contributed by atoms with Crippen LogP contribution in [0.2, 0.25) is 0 Å². The van der Waals surface area contributed by atoms with Gasteiger partial charge in [0, 0.05) is 19.7 Å². The van der Waals surface area contributed by atoms with E-state index in [9.17, 15) is 4.79 Å². The van der Waals surface area contributed by atoms with Gasteiger partial charge in [-0.25, -0.2) is 0 Å². The van der Waals surface area contributed by atoms with Crippen LogP contribution in [0.4, 0.5) is 5.13 Å². The molecule has 1 N–H and O–H groups in total. The highest BCUT2D eigenvalue weighted by molar-refractivity contribution is 8.01. The number of piperidine rings is 1. The van der Waals surface area contributed by atoms with Gasteiger partial charge in [0.25, 0.3) is 0 Å². The monoisotopic (exact) mass is 303 g/mol. The molecule has 2 heterocycles. The third-order valence-corrected chi connectivity index (χ3v) is 5.20. The van der Waals surface area contributed by atoms with Crippen LogP contribution >= 0.6 is 23.1 Å². The summed E-state index contributed by atoms with van der Waals surface area (Å²) in [5.74, 6) is -0.813. The molecule has 1 aliphatic heterocycles. The lowest BCUT2D eigenvalue weighted by Gasteiger charge is -2.36. The van der Waals surface area contributed by atoms with Crippen molar-refractivity contribution in [2.24, 2.45) is 0 Å². The van der Waals surface area contributed by atoms with Crippen LogP contribution in [0.1, 0.15) is 19.8 Å². The van der Waals surface area contributed by atoms with Gasteiger partial charge in [-0.05, 0) is 19.8 Å². The van der Waals surface area contributed by atoms with E-state index in [2.05, 4.69) is 22.0 Å². The summed E-state index contributed by atoms with van der Waals surface area (Å²) >= 11 is 2.67. The standard InChI is InChI=1S/C11H17N3O3S2/c1-7-5-8(17-2)3-4-14(7)10-12-13-11(19-10)18-6-9(15)16/h7-8H,3-6H2,1-2H3,(H,15,16). The molecule has 1 aromatic rings. The molecule has 8 heteroatoms. The zero-order valence-electron chi connectivity index (χ0n) is 10.9. The molecule has 2 unspecified atom stereocenters. The van der Waals surface area contributed by atoms with Crippen molar-refractivity contribution in [1.29, 1.82) is 0 Å². The Bertz CT molecular complexity index is 441. The fourth-order valence-corrected chi connectivity index (χ4v) is 3.82.